The number of aliphatic hydroxyl groups excluding tert-OH is 1. The van der Waals surface area contributed by atoms with Crippen molar-refractivity contribution in [3.05, 3.63) is 29.5 Å². The van der Waals surface area contributed by atoms with Crippen molar-refractivity contribution in [3.8, 4) is 10.8 Å². The second-order valence-electron chi connectivity index (χ2n) is 3.75. The van der Waals surface area contributed by atoms with Gasteiger partial charge < -0.3 is 19.6 Å². The van der Waals surface area contributed by atoms with Gasteiger partial charge in [-0.2, -0.15) is 0 Å². The van der Waals surface area contributed by atoms with Crippen molar-refractivity contribution in [1.29, 1.82) is 0 Å². The van der Waals surface area contributed by atoms with Gasteiger partial charge in [0, 0.05) is 5.38 Å². The molecular formula is C12H12N2O5S. The molecule has 0 spiro atoms. The molecule has 106 valence electrons. The Bertz CT molecular complexity index is 593. The monoisotopic (exact) mass is 296 g/mol. The second-order valence-corrected chi connectivity index (χ2v) is 4.61. The molecule has 2 N–H and O–H groups in total. The summed E-state index contributed by atoms with van der Waals surface area (Å²) in [6.45, 7) is -0.548. The number of carbonyl (C=O) groups excluding carboxylic acids is 2. The summed E-state index contributed by atoms with van der Waals surface area (Å²) in [5.74, 6) is -0.730. The molecule has 0 aliphatic rings. The molecule has 0 radical (unpaired) electrons. The highest BCUT2D eigenvalue weighted by Gasteiger charge is 2.22. The number of aromatic nitrogens is 1. The van der Waals surface area contributed by atoms with Crippen molar-refractivity contribution in [3.63, 3.8) is 0 Å². The highest BCUT2D eigenvalue weighted by molar-refractivity contribution is 7.13. The number of esters is 1. The van der Waals surface area contributed by atoms with Crippen LogP contribution < -0.4 is 5.32 Å². The summed E-state index contributed by atoms with van der Waals surface area (Å²) in [4.78, 5) is 27.3. The Hall–Kier alpha value is -2.19. The van der Waals surface area contributed by atoms with Gasteiger partial charge in [-0.05, 0) is 12.1 Å². The number of thiazole rings is 1. The average molecular weight is 296 g/mol. The van der Waals surface area contributed by atoms with Gasteiger partial charge in [0.25, 0.3) is 5.91 Å². The van der Waals surface area contributed by atoms with E-state index in [2.05, 4.69) is 15.0 Å². The molecule has 8 heteroatoms. The van der Waals surface area contributed by atoms with Crippen molar-refractivity contribution >= 4 is 23.2 Å². The number of ether oxygens (including phenoxy) is 1. The molecule has 0 aliphatic carbocycles. The van der Waals surface area contributed by atoms with E-state index in [9.17, 15) is 9.59 Å². The summed E-state index contributed by atoms with van der Waals surface area (Å²) in [5, 5.41) is 13.5. The summed E-state index contributed by atoms with van der Waals surface area (Å²) in [6, 6.07) is 2.34. The molecular weight excluding hydrogens is 284 g/mol. The summed E-state index contributed by atoms with van der Waals surface area (Å²) in [6.07, 6.45) is 1.51. The van der Waals surface area contributed by atoms with Crippen LogP contribution in [-0.2, 0) is 9.53 Å². The van der Waals surface area contributed by atoms with E-state index < -0.39 is 24.5 Å². The van der Waals surface area contributed by atoms with Crippen LogP contribution in [0.25, 0.3) is 10.8 Å². The number of hydrogen-bond donors (Lipinski definition) is 2. The number of hydrogen-bond acceptors (Lipinski definition) is 7. The zero-order valence-electron chi connectivity index (χ0n) is 10.5. The Balaban J connectivity index is 2.08. The molecule has 2 aromatic rings. The number of nitrogens with zero attached hydrogens (tertiary/aromatic N) is 1. The van der Waals surface area contributed by atoms with E-state index in [0.717, 1.165) is 0 Å². The molecule has 1 unspecified atom stereocenters. The summed E-state index contributed by atoms with van der Waals surface area (Å²) >= 11 is 1.24. The van der Waals surface area contributed by atoms with E-state index in [4.69, 9.17) is 9.52 Å². The SMILES string of the molecule is COC(=O)C(CO)NC(=O)c1csc(-c2ccco2)n1. The van der Waals surface area contributed by atoms with E-state index in [-0.39, 0.29) is 5.69 Å². The van der Waals surface area contributed by atoms with Crippen LogP contribution in [0.1, 0.15) is 10.5 Å². The first-order chi connectivity index (χ1) is 9.65. The highest BCUT2D eigenvalue weighted by Crippen LogP contribution is 2.23. The molecule has 0 saturated carbocycles. The van der Waals surface area contributed by atoms with E-state index in [1.165, 1.54) is 24.7 Å². The smallest absolute Gasteiger partial charge is 0.330 e. The van der Waals surface area contributed by atoms with Gasteiger partial charge in [0.05, 0.1) is 20.0 Å². The summed E-state index contributed by atoms with van der Waals surface area (Å²) in [5.41, 5.74) is 0.142. The van der Waals surface area contributed by atoms with Gasteiger partial charge in [-0.1, -0.05) is 0 Å². The topological polar surface area (TPSA) is 102 Å². The molecule has 2 aromatic heterocycles. The Morgan fingerprint density at radius 2 is 2.40 bits per heavy atom. The fourth-order valence-electron chi connectivity index (χ4n) is 1.44. The maximum absolute atomic E-state index is 11.9. The van der Waals surface area contributed by atoms with Crippen LogP contribution in [0.4, 0.5) is 0 Å². The lowest BCUT2D eigenvalue weighted by molar-refractivity contribution is -0.143. The molecule has 0 aromatic carbocycles. The van der Waals surface area contributed by atoms with Gasteiger partial charge in [0.15, 0.2) is 16.8 Å². The third-order valence-corrected chi connectivity index (χ3v) is 3.30. The molecule has 0 bridgehead atoms. The van der Waals surface area contributed by atoms with Crippen molar-refractivity contribution in [2.24, 2.45) is 0 Å². The van der Waals surface area contributed by atoms with Gasteiger partial charge in [-0.25, -0.2) is 9.78 Å². The number of nitrogens with one attached hydrogen (secondary N) is 1. The first-order valence-electron chi connectivity index (χ1n) is 5.64. The molecule has 0 saturated heterocycles. The van der Waals surface area contributed by atoms with Crippen molar-refractivity contribution in [2.75, 3.05) is 13.7 Å². The minimum absolute atomic E-state index is 0.142. The Morgan fingerprint density at radius 1 is 1.60 bits per heavy atom. The van der Waals surface area contributed by atoms with Gasteiger partial charge in [0.2, 0.25) is 0 Å². The maximum atomic E-state index is 11.9. The number of amides is 1. The van der Waals surface area contributed by atoms with Crippen LogP contribution in [0.3, 0.4) is 0 Å². The third kappa shape index (κ3) is 3.03. The molecule has 2 rings (SSSR count). The second kappa shape index (κ2) is 6.31. The fourth-order valence-corrected chi connectivity index (χ4v) is 2.21. The number of rotatable bonds is 5. The lowest BCUT2D eigenvalue weighted by Crippen LogP contribution is -2.44. The molecule has 20 heavy (non-hydrogen) atoms. The van der Waals surface area contributed by atoms with Crippen molar-refractivity contribution in [2.45, 2.75) is 6.04 Å². The van der Waals surface area contributed by atoms with Gasteiger partial charge in [-0.15, -0.1) is 11.3 Å². The lowest BCUT2D eigenvalue weighted by Gasteiger charge is -2.12. The zero-order chi connectivity index (χ0) is 14.5. The lowest BCUT2D eigenvalue weighted by atomic mass is 10.3. The summed E-state index contributed by atoms with van der Waals surface area (Å²) in [7, 11) is 1.18. The zero-order valence-corrected chi connectivity index (χ0v) is 11.3. The molecule has 1 amide bonds. The minimum atomic E-state index is -1.11. The average Bonchev–Trinajstić information content (AvgIpc) is 3.13. The molecule has 1 atom stereocenters. The van der Waals surface area contributed by atoms with Crippen LogP contribution in [0.5, 0.6) is 0 Å². The molecule has 7 nitrogen and oxygen atoms in total. The van der Waals surface area contributed by atoms with E-state index in [0.29, 0.717) is 10.8 Å². The Labute approximate surface area is 118 Å². The van der Waals surface area contributed by atoms with Gasteiger partial charge >= 0.3 is 5.97 Å². The molecule has 0 aliphatic heterocycles. The van der Waals surface area contributed by atoms with E-state index in [1.54, 1.807) is 17.5 Å². The van der Waals surface area contributed by atoms with Crippen LogP contribution in [-0.4, -0.2) is 41.7 Å². The number of methoxy groups -OCH3 is 1. The Kier molecular flexibility index (Phi) is 4.49. The minimum Gasteiger partial charge on any atom is -0.467 e. The van der Waals surface area contributed by atoms with E-state index in [1.807, 2.05) is 0 Å². The van der Waals surface area contributed by atoms with Crippen molar-refractivity contribution in [1.82, 2.24) is 10.3 Å². The van der Waals surface area contributed by atoms with Gasteiger partial charge in [-0.3, -0.25) is 4.79 Å². The maximum Gasteiger partial charge on any atom is 0.330 e. The standard InChI is InChI=1S/C12H12N2O5S/c1-18-12(17)7(5-15)13-10(16)8-6-20-11(14-8)9-3-2-4-19-9/h2-4,6-7,15H,5H2,1H3,(H,13,16). The number of furan rings is 1. The van der Waals surface area contributed by atoms with E-state index >= 15 is 0 Å². The van der Waals surface area contributed by atoms with Crippen LogP contribution in [0.15, 0.2) is 28.2 Å². The fraction of sp³-hybridized carbons (Fsp3) is 0.250. The number of aliphatic hydroxyl groups is 1. The normalized spacial score (nSPS) is 11.9. The number of carbonyl (C=O) groups is 2. The van der Waals surface area contributed by atoms with Gasteiger partial charge in [0.1, 0.15) is 5.69 Å². The third-order valence-electron chi connectivity index (χ3n) is 2.44. The largest absolute Gasteiger partial charge is 0.467 e. The van der Waals surface area contributed by atoms with Crippen molar-refractivity contribution < 1.29 is 23.8 Å². The highest BCUT2D eigenvalue weighted by atomic mass is 32.1. The van der Waals surface area contributed by atoms with Crippen LogP contribution in [0.2, 0.25) is 0 Å². The van der Waals surface area contributed by atoms with Crippen LogP contribution >= 0.6 is 11.3 Å². The quantitative estimate of drug-likeness (QED) is 0.786. The predicted octanol–water partition coefficient (Wildman–Crippen LogP) is 0.667. The first kappa shape index (κ1) is 14.2. The predicted molar refractivity (Wildman–Crippen MR) is 70.2 cm³/mol. The first-order valence-corrected chi connectivity index (χ1v) is 6.52. The Morgan fingerprint density at radius 3 is 3.00 bits per heavy atom. The van der Waals surface area contributed by atoms with Crippen LogP contribution in [0, 0.1) is 0 Å². The summed E-state index contributed by atoms with van der Waals surface area (Å²) < 4.78 is 9.63. The molecule has 2 heterocycles. The molecule has 0 fully saturated rings.